The summed E-state index contributed by atoms with van der Waals surface area (Å²) in [4.78, 5) is 65.7. The Labute approximate surface area is 231 Å². The minimum Gasteiger partial charge on any atom is -0.508 e. The SMILES string of the molecule is CCC(C)C(NC(=O)C(CC(=O)O)NC(=O)C(N)CCCN=C(N)N)C(=O)NC(Cc1ccc(O)cc1)C(=O)O. The third-order valence-corrected chi connectivity index (χ3v) is 6.10. The maximum Gasteiger partial charge on any atom is 0.326 e. The number of hydrogen-bond donors (Lipinski definition) is 9. The van der Waals surface area contributed by atoms with Gasteiger partial charge >= 0.3 is 11.9 Å². The molecule has 0 radical (unpaired) electrons. The Balaban J connectivity index is 2.98. The summed E-state index contributed by atoms with van der Waals surface area (Å²) in [6.07, 6.45) is 0.0324. The molecule has 0 saturated heterocycles. The number of benzene rings is 1. The zero-order chi connectivity index (χ0) is 30.4. The molecule has 0 aliphatic heterocycles. The van der Waals surface area contributed by atoms with Gasteiger partial charge in [-0.3, -0.25) is 24.2 Å². The molecule has 0 aliphatic carbocycles. The number of rotatable bonds is 17. The van der Waals surface area contributed by atoms with Crippen LogP contribution < -0.4 is 33.2 Å². The van der Waals surface area contributed by atoms with E-state index in [-0.39, 0.29) is 31.1 Å². The Morgan fingerprint density at radius 1 is 0.925 bits per heavy atom. The molecule has 12 N–H and O–H groups in total. The molecule has 1 aromatic carbocycles. The van der Waals surface area contributed by atoms with Crippen molar-refractivity contribution in [3.05, 3.63) is 29.8 Å². The number of aliphatic imine (C=N–C) groups is 1. The highest BCUT2D eigenvalue weighted by molar-refractivity contribution is 5.95. The lowest BCUT2D eigenvalue weighted by Crippen LogP contribution is -2.59. The van der Waals surface area contributed by atoms with E-state index >= 15 is 0 Å². The van der Waals surface area contributed by atoms with Crippen LogP contribution in [0.1, 0.15) is 45.1 Å². The maximum atomic E-state index is 13.1. The van der Waals surface area contributed by atoms with E-state index < -0.39 is 66.2 Å². The highest BCUT2D eigenvalue weighted by atomic mass is 16.4. The molecule has 1 rings (SSSR count). The summed E-state index contributed by atoms with van der Waals surface area (Å²) in [6, 6.07) is 0.554. The molecule has 0 saturated carbocycles. The third-order valence-electron chi connectivity index (χ3n) is 6.10. The second-order valence-corrected chi connectivity index (χ2v) is 9.36. The smallest absolute Gasteiger partial charge is 0.326 e. The summed E-state index contributed by atoms with van der Waals surface area (Å²) in [7, 11) is 0. The number of hydrogen-bond acceptors (Lipinski definition) is 8. The van der Waals surface area contributed by atoms with E-state index in [0.717, 1.165) is 0 Å². The van der Waals surface area contributed by atoms with Gasteiger partial charge in [-0.2, -0.15) is 0 Å². The van der Waals surface area contributed by atoms with Crippen molar-refractivity contribution in [2.75, 3.05) is 6.54 Å². The molecule has 0 spiro atoms. The van der Waals surface area contributed by atoms with Gasteiger partial charge in [0.15, 0.2) is 5.96 Å². The molecular weight excluding hydrogens is 526 g/mol. The van der Waals surface area contributed by atoms with E-state index in [0.29, 0.717) is 18.4 Å². The molecule has 5 atom stereocenters. The molecule has 0 aliphatic rings. The largest absolute Gasteiger partial charge is 0.508 e. The second kappa shape index (κ2) is 16.5. The van der Waals surface area contributed by atoms with Crippen LogP contribution in [0.15, 0.2) is 29.3 Å². The number of guanidine groups is 1. The minimum atomic E-state index is -1.56. The lowest BCUT2D eigenvalue weighted by Gasteiger charge is -2.27. The summed E-state index contributed by atoms with van der Waals surface area (Å²) >= 11 is 0. The molecule has 0 bridgehead atoms. The summed E-state index contributed by atoms with van der Waals surface area (Å²) in [5.41, 5.74) is 16.9. The highest BCUT2D eigenvalue weighted by Crippen LogP contribution is 2.13. The predicted molar refractivity (Wildman–Crippen MR) is 145 cm³/mol. The van der Waals surface area contributed by atoms with E-state index in [4.69, 9.17) is 17.2 Å². The quantitative estimate of drug-likeness (QED) is 0.0587. The molecule has 0 aromatic heterocycles. The van der Waals surface area contributed by atoms with E-state index in [9.17, 15) is 39.3 Å². The van der Waals surface area contributed by atoms with Gasteiger partial charge in [-0.25, -0.2) is 4.79 Å². The van der Waals surface area contributed by atoms with E-state index in [1.807, 2.05) is 0 Å². The first kappa shape index (κ1) is 33.6. The van der Waals surface area contributed by atoms with Crippen LogP contribution in [-0.4, -0.2) is 81.7 Å². The van der Waals surface area contributed by atoms with Gasteiger partial charge in [0.1, 0.15) is 23.9 Å². The Morgan fingerprint density at radius 3 is 2.05 bits per heavy atom. The first-order valence-electron chi connectivity index (χ1n) is 12.7. The van der Waals surface area contributed by atoms with Crippen molar-refractivity contribution in [2.45, 2.75) is 70.1 Å². The van der Waals surface area contributed by atoms with E-state index in [1.54, 1.807) is 13.8 Å². The Morgan fingerprint density at radius 2 is 1.52 bits per heavy atom. The molecule has 5 unspecified atom stereocenters. The molecule has 15 heteroatoms. The molecule has 3 amide bonds. The summed E-state index contributed by atoms with van der Waals surface area (Å²) in [5.74, 6) is -5.84. The zero-order valence-electron chi connectivity index (χ0n) is 22.5. The van der Waals surface area contributed by atoms with Crippen molar-refractivity contribution in [3.8, 4) is 5.75 Å². The average Bonchev–Trinajstić information content (AvgIpc) is 2.88. The Bertz CT molecular complexity index is 1060. The first-order chi connectivity index (χ1) is 18.7. The van der Waals surface area contributed by atoms with Crippen molar-refractivity contribution >= 4 is 35.6 Å². The number of aliphatic carboxylic acids is 2. The number of phenolic OH excluding ortho intramolecular Hbond substituents is 1. The van der Waals surface area contributed by atoms with Crippen LogP contribution in [0.2, 0.25) is 0 Å². The van der Waals surface area contributed by atoms with Crippen molar-refractivity contribution in [2.24, 2.45) is 28.1 Å². The van der Waals surface area contributed by atoms with Gasteiger partial charge in [-0.05, 0) is 36.5 Å². The summed E-state index contributed by atoms with van der Waals surface area (Å²) < 4.78 is 0. The highest BCUT2D eigenvalue weighted by Gasteiger charge is 2.33. The van der Waals surface area contributed by atoms with Crippen molar-refractivity contribution in [3.63, 3.8) is 0 Å². The van der Waals surface area contributed by atoms with Gasteiger partial charge < -0.3 is 48.5 Å². The molecule has 0 heterocycles. The van der Waals surface area contributed by atoms with Crippen LogP contribution in [0.5, 0.6) is 5.75 Å². The minimum absolute atomic E-state index is 0.00545. The van der Waals surface area contributed by atoms with Crippen LogP contribution in [0, 0.1) is 5.92 Å². The van der Waals surface area contributed by atoms with Gasteiger partial charge in [0.2, 0.25) is 17.7 Å². The summed E-state index contributed by atoms with van der Waals surface area (Å²) in [5, 5.41) is 35.5. The fraction of sp³-hybridized carbons (Fsp3) is 0.520. The van der Waals surface area contributed by atoms with Crippen LogP contribution in [0.4, 0.5) is 0 Å². The van der Waals surface area contributed by atoms with Crippen molar-refractivity contribution < 1.29 is 39.3 Å². The van der Waals surface area contributed by atoms with Gasteiger partial charge in [0.05, 0.1) is 12.5 Å². The standard InChI is InChI=1S/C25H39N7O8/c1-3-13(2)20(23(38)31-18(24(39)40)11-14-6-8-15(33)9-7-14)32-22(37)17(12-19(34)35)30-21(36)16(26)5-4-10-29-25(27)28/h6-9,13,16-18,20,33H,3-5,10-12,26H2,1-2H3,(H,30,36)(H,31,38)(H,32,37)(H,34,35)(H,39,40)(H4,27,28,29). The normalized spacial score (nSPS) is 14.5. The fourth-order valence-electron chi connectivity index (χ4n) is 3.60. The number of carbonyl (C=O) groups excluding carboxylic acids is 3. The van der Waals surface area contributed by atoms with E-state index in [1.165, 1.54) is 24.3 Å². The van der Waals surface area contributed by atoms with E-state index in [2.05, 4.69) is 20.9 Å². The lowest BCUT2D eigenvalue weighted by atomic mass is 9.96. The number of amides is 3. The molecule has 15 nitrogen and oxygen atoms in total. The number of nitrogens with two attached hydrogens (primary N) is 3. The molecule has 40 heavy (non-hydrogen) atoms. The third kappa shape index (κ3) is 12.0. The number of phenols is 1. The van der Waals surface area contributed by atoms with Gasteiger partial charge in [-0.15, -0.1) is 0 Å². The Kier molecular flexibility index (Phi) is 13.9. The van der Waals surface area contributed by atoms with Crippen LogP contribution >= 0.6 is 0 Å². The van der Waals surface area contributed by atoms with Gasteiger partial charge in [-0.1, -0.05) is 32.4 Å². The van der Waals surface area contributed by atoms with Crippen LogP contribution in [-0.2, 0) is 30.4 Å². The van der Waals surface area contributed by atoms with Crippen LogP contribution in [0.3, 0.4) is 0 Å². The molecule has 222 valence electrons. The molecular formula is C25H39N7O8. The number of nitrogens with one attached hydrogen (secondary N) is 3. The van der Waals surface area contributed by atoms with Crippen molar-refractivity contribution in [1.82, 2.24) is 16.0 Å². The predicted octanol–water partition coefficient (Wildman–Crippen LogP) is -1.62. The topological polar surface area (TPSA) is 273 Å². The second-order valence-electron chi connectivity index (χ2n) is 9.36. The number of nitrogens with zero attached hydrogens (tertiary/aromatic N) is 1. The zero-order valence-corrected chi connectivity index (χ0v) is 22.5. The fourth-order valence-corrected chi connectivity index (χ4v) is 3.60. The lowest BCUT2D eigenvalue weighted by molar-refractivity contribution is -0.143. The number of carboxylic acid groups (broad SMARTS) is 2. The van der Waals surface area contributed by atoms with Gasteiger partial charge in [0, 0.05) is 13.0 Å². The average molecular weight is 566 g/mol. The summed E-state index contributed by atoms with van der Waals surface area (Å²) in [6.45, 7) is 3.62. The number of carbonyl (C=O) groups is 5. The molecule has 1 aromatic rings. The molecule has 0 fully saturated rings. The first-order valence-corrected chi connectivity index (χ1v) is 12.7. The van der Waals surface area contributed by atoms with Crippen molar-refractivity contribution in [1.29, 1.82) is 0 Å². The van der Waals surface area contributed by atoms with Gasteiger partial charge in [0.25, 0.3) is 0 Å². The maximum absolute atomic E-state index is 13.1. The number of aromatic hydroxyl groups is 1. The number of carboxylic acids is 2. The Hall–Kier alpha value is -4.40. The monoisotopic (exact) mass is 565 g/mol. The van der Waals surface area contributed by atoms with Crippen LogP contribution in [0.25, 0.3) is 0 Å².